The summed E-state index contributed by atoms with van der Waals surface area (Å²) in [4.78, 5) is 2.40. The van der Waals surface area contributed by atoms with E-state index < -0.39 is 0 Å². The van der Waals surface area contributed by atoms with Gasteiger partial charge in [-0.1, -0.05) is 172 Å². The molecule has 0 spiro atoms. The molecule has 7 aromatic rings. The molecule has 0 amide bonds. The van der Waals surface area contributed by atoms with Crippen molar-refractivity contribution < 1.29 is 0 Å². The Kier molecular flexibility index (Phi) is 8.82. The second-order valence-electron chi connectivity index (χ2n) is 13.6. The van der Waals surface area contributed by atoms with E-state index in [1.165, 1.54) is 94.8 Å². The summed E-state index contributed by atoms with van der Waals surface area (Å²) in [5.74, 6) is 0. The minimum atomic E-state index is 0.0580. The van der Waals surface area contributed by atoms with Gasteiger partial charge in [0.15, 0.2) is 0 Å². The van der Waals surface area contributed by atoms with E-state index in [0.717, 1.165) is 11.4 Å². The lowest BCUT2D eigenvalue weighted by atomic mass is 9.67. The van der Waals surface area contributed by atoms with Crippen molar-refractivity contribution in [1.82, 2.24) is 0 Å². The molecule has 0 radical (unpaired) electrons. The van der Waals surface area contributed by atoms with Crippen LogP contribution in [-0.2, 0) is 5.41 Å². The van der Waals surface area contributed by atoms with E-state index in [9.17, 15) is 0 Å². The summed E-state index contributed by atoms with van der Waals surface area (Å²) < 4.78 is 0. The Bertz CT molecular complexity index is 2100. The second-order valence-corrected chi connectivity index (χ2v) is 13.6. The minimum Gasteiger partial charge on any atom is -0.311 e. The van der Waals surface area contributed by atoms with Crippen molar-refractivity contribution in [3.05, 3.63) is 187 Å². The molecule has 0 heterocycles. The third-order valence-corrected chi connectivity index (χ3v) is 10.7. The zero-order chi connectivity index (χ0) is 32.9. The van der Waals surface area contributed by atoms with Gasteiger partial charge >= 0.3 is 0 Å². The maximum Gasteiger partial charge on any atom is 0.0462 e. The third-order valence-electron chi connectivity index (χ3n) is 10.7. The molecule has 0 aliphatic heterocycles. The topological polar surface area (TPSA) is 3.24 Å². The Morgan fingerprint density at radius 2 is 0.816 bits per heavy atom. The van der Waals surface area contributed by atoms with E-state index >= 15 is 0 Å². The number of anilines is 3. The van der Waals surface area contributed by atoms with Gasteiger partial charge in [-0.2, -0.15) is 0 Å². The SMILES string of the molecule is c1ccc(-c2ccc(N(c3ccc(-c4cccc5ccccc45)cc3)c3ccc(C4(c5ccccc5)CCCCCCC4)cc3)cc2)cc1. The average molecular weight is 634 g/mol. The van der Waals surface area contributed by atoms with Crippen LogP contribution in [-0.4, -0.2) is 0 Å². The Hall–Kier alpha value is -5.40. The summed E-state index contributed by atoms with van der Waals surface area (Å²) in [6, 6.07) is 64.8. The average Bonchev–Trinajstić information content (AvgIpc) is 3.17. The molecule has 1 fully saturated rings. The van der Waals surface area contributed by atoms with Crippen molar-refractivity contribution in [1.29, 1.82) is 0 Å². The van der Waals surface area contributed by atoms with Crippen molar-refractivity contribution in [3.63, 3.8) is 0 Å². The predicted octanol–water partition coefficient (Wildman–Crippen LogP) is 13.7. The van der Waals surface area contributed by atoms with Crippen molar-refractivity contribution in [2.75, 3.05) is 4.90 Å². The molecule has 240 valence electrons. The molecule has 0 bridgehead atoms. The quantitative estimate of drug-likeness (QED) is 0.169. The van der Waals surface area contributed by atoms with Crippen LogP contribution in [0.25, 0.3) is 33.0 Å². The summed E-state index contributed by atoms with van der Waals surface area (Å²) in [6.07, 6.45) is 8.98. The monoisotopic (exact) mass is 633 g/mol. The zero-order valence-corrected chi connectivity index (χ0v) is 28.1. The van der Waals surface area contributed by atoms with Crippen molar-refractivity contribution in [2.45, 2.75) is 50.4 Å². The molecule has 1 aliphatic rings. The van der Waals surface area contributed by atoms with Crippen LogP contribution >= 0.6 is 0 Å². The maximum atomic E-state index is 2.42. The van der Waals surface area contributed by atoms with Crippen LogP contribution in [0.15, 0.2) is 176 Å². The van der Waals surface area contributed by atoms with Crippen molar-refractivity contribution >= 4 is 27.8 Å². The molecule has 0 aromatic heterocycles. The van der Waals surface area contributed by atoms with Crippen LogP contribution in [0.5, 0.6) is 0 Å². The molecule has 7 aromatic carbocycles. The molecule has 0 saturated heterocycles. The number of rotatable bonds is 7. The highest BCUT2D eigenvalue weighted by molar-refractivity contribution is 5.97. The fraction of sp³-hybridized carbons (Fsp3) is 0.167. The number of benzene rings is 7. The minimum absolute atomic E-state index is 0.0580. The largest absolute Gasteiger partial charge is 0.311 e. The van der Waals surface area contributed by atoms with Crippen LogP contribution in [0, 0.1) is 0 Å². The molecule has 0 atom stereocenters. The van der Waals surface area contributed by atoms with Gasteiger partial charge in [-0.05, 0) is 93.4 Å². The van der Waals surface area contributed by atoms with Gasteiger partial charge in [0.2, 0.25) is 0 Å². The van der Waals surface area contributed by atoms with Gasteiger partial charge < -0.3 is 4.90 Å². The first-order chi connectivity index (χ1) is 24.3. The van der Waals surface area contributed by atoms with E-state index in [4.69, 9.17) is 0 Å². The van der Waals surface area contributed by atoms with Gasteiger partial charge in [-0.3, -0.25) is 0 Å². The van der Waals surface area contributed by atoms with E-state index in [2.05, 4.69) is 181 Å². The first-order valence-electron chi connectivity index (χ1n) is 18.0. The van der Waals surface area contributed by atoms with E-state index in [1.54, 1.807) is 0 Å². The highest BCUT2D eigenvalue weighted by Gasteiger charge is 2.34. The van der Waals surface area contributed by atoms with Crippen LogP contribution in [0.2, 0.25) is 0 Å². The third kappa shape index (κ3) is 6.30. The molecule has 0 N–H and O–H groups in total. The molecular weight excluding hydrogens is 591 g/mol. The second kappa shape index (κ2) is 14.0. The van der Waals surface area contributed by atoms with Gasteiger partial charge in [0, 0.05) is 22.5 Å². The summed E-state index contributed by atoms with van der Waals surface area (Å²) >= 11 is 0. The lowest BCUT2D eigenvalue weighted by Gasteiger charge is -2.37. The van der Waals surface area contributed by atoms with Crippen LogP contribution in [0.1, 0.15) is 56.1 Å². The van der Waals surface area contributed by atoms with Crippen LogP contribution in [0.4, 0.5) is 17.1 Å². The molecule has 49 heavy (non-hydrogen) atoms. The Balaban J connectivity index is 1.19. The number of nitrogens with zero attached hydrogens (tertiary/aromatic N) is 1. The smallest absolute Gasteiger partial charge is 0.0462 e. The molecule has 1 aliphatic carbocycles. The number of hydrogen-bond acceptors (Lipinski definition) is 1. The van der Waals surface area contributed by atoms with Crippen molar-refractivity contribution in [3.8, 4) is 22.3 Å². The molecular formula is C48H43N. The van der Waals surface area contributed by atoms with Gasteiger partial charge in [0.25, 0.3) is 0 Å². The Morgan fingerprint density at radius 3 is 1.47 bits per heavy atom. The number of fused-ring (bicyclic) bond motifs is 1. The summed E-state index contributed by atoms with van der Waals surface area (Å²) in [5, 5.41) is 2.55. The number of hydrogen-bond donors (Lipinski definition) is 0. The van der Waals surface area contributed by atoms with Crippen LogP contribution in [0.3, 0.4) is 0 Å². The summed E-state index contributed by atoms with van der Waals surface area (Å²) in [6.45, 7) is 0. The summed E-state index contributed by atoms with van der Waals surface area (Å²) in [5.41, 5.74) is 11.4. The van der Waals surface area contributed by atoms with Gasteiger partial charge in [0.1, 0.15) is 0 Å². The molecule has 0 unspecified atom stereocenters. The Labute approximate surface area is 291 Å². The van der Waals surface area contributed by atoms with Crippen molar-refractivity contribution in [2.24, 2.45) is 0 Å². The first-order valence-corrected chi connectivity index (χ1v) is 18.0. The summed E-state index contributed by atoms with van der Waals surface area (Å²) in [7, 11) is 0. The van der Waals surface area contributed by atoms with Crippen LogP contribution < -0.4 is 4.90 Å². The highest BCUT2D eigenvalue weighted by atomic mass is 15.1. The fourth-order valence-electron chi connectivity index (χ4n) is 8.09. The van der Waals surface area contributed by atoms with E-state index in [0.29, 0.717) is 0 Å². The highest BCUT2D eigenvalue weighted by Crippen LogP contribution is 2.45. The van der Waals surface area contributed by atoms with Gasteiger partial charge in [-0.15, -0.1) is 0 Å². The van der Waals surface area contributed by atoms with E-state index in [-0.39, 0.29) is 5.41 Å². The normalized spacial score (nSPS) is 14.5. The fourth-order valence-corrected chi connectivity index (χ4v) is 8.09. The molecule has 8 rings (SSSR count). The molecule has 1 nitrogen and oxygen atoms in total. The maximum absolute atomic E-state index is 2.42. The lowest BCUT2D eigenvalue weighted by Crippen LogP contribution is -2.29. The van der Waals surface area contributed by atoms with E-state index in [1.807, 2.05) is 0 Å². The zero-order valence-electron chi connectivity index (χ0n) is 28.1. The van der Waals surface area contributed by atoms with Gasteiger partial charge in [0.05, 0.1) is 0 Å². The Morgan fingerprint density at radius 1 is 0.347 bits per heavy atom. The molecule has 1 heteroatoms. The molecule has 1 saturated carbocycles. The first kappa shape index (κ1) is 30.9. The predicted molar refractivity (Wildman–Crippen MR) is 209 cm³/mol. The lowest BCUT2D eigenvalue weighted by molar-refractivity contribution is 0.366. The standard InChI is InChI=1S/C48H43N/c1-2-12-35-48(36-13-3-1,41-19-8-5-9-20-41)42-27-33-45(34-28-42)49(43-29-23-38(24-30-43)37-15-6-4-7-16-37)44-31-25-40(26-32-44)47-22-14-18-39-17-10-11-21-46(39)47/h4-11,14-34H,1-3,12-13,35-36H2. The van der Waals surface area contributed by atoms with Gasteiger partial charge in [-0.25, -0.2) is 0 Å².